The number of aliphatic hydroxyl groups is 1. The zero-order chi connectivity index (χ0) is 26.1. The summed E-state index contributed by atoms with van der Waals surface area (Å²) in [5.74, 6) is -0.421. The molecule has 7 nitrogen and oxygen atoms in total. The summed E-state index contributed by atoms with van der Waals surface area (Å²) >= 11 is 0. The van der Waals surface area contributed by atoms with Gasteiger partial charge in [0.05, 0.1) is 23.7 Å². The molecule has 0 radical (unpaired) electrons. The Morgan fingerprint density at radius 3 is 2.66 bits per heavy atom. The summed E-state index contributed by atoms with van der Waals surface area (Å²) in [5.41, 5.74) is 5.24. The van der Waals surface area contributed by atoms with Crippen molar-refractivity contribution in [1.29, 1.82) is 0 Å². The van der Waals surface area contributed by atoms with Crippen LogP contribution in [-0.2, 0) is 13.0 Å². The standard InChI is InChI=1S/C31H32N4O3/c36-28-11-4-3-9-26(28)33-30(37)25-19-23(27-10-5-6-17-35(27)31(25)38)20-34-18-14-21-7-1-2-8-24(21)29(34)22-12-15-32-16-13-22/h1-2,5-8,10,12-13,15-17,19,26,28-29,36H,3-4,9,11,14,18,20H2,(H,33,37)/t26-,28-,29?/m0/s1. The Kier molecular flexibility index (Phi) is 6.79. The van der Waals surface area contributed by atoms with Gasteiger partial charge in [0.1, 0.15) is 5.56 Å². The average Bonchev–Trinajstić information content (AvgIpc) is 2.96. The van der Waals surface area contributed by atoms with E-state index >= 15 is 0 Å². The lowest BCUT2D eigenvalue weighted by molar-refractivity contribution is 0.0716. The van der Waals surface area contributed by atoms with E-state index in [-0.39, 0.29) is 23.2 Å². The topological polar surface area (TPSA) is 86.9 Å². The number of carbonyl (C=O) groups excluding carboxylic acids is 1. The molecule has 1 aliphatic carbocycles. The summed E-state index contributed by atoms with van der Waals surface area (Å²) in [6.45, 7) is 1.42. The second kappa shape index (κ2) is 10.5. The van der Waals surface area contributed by atoms with Gasteiger partial charge >= 0.3 is 0 Å². The molecule has 0 spiro atoms. The monoisotopic (exact) mass is 508 g/mol. The number of hydrogen-bond donors (Lipinski definition) is 2. The second-order valence-corrected chi connectivity index (χ2v) is 10.4. The SMILES string of the molecule is O=C(N[C@H]1CCCC[C@@H]1O)c1cc(CN2CCc3ccccc3C2c2ccncc2)c2ccccn2c1=O. The van der Waals surface area contributed by atoms with Crippen LogP contribution in [0.15, 0.2) is 84.0 Å². The third kappa shape index (κ3) is 4.64. The highest BCUT2D eigenvalue weighted by atomic mass is 16.3. The molecule has 2 N–H and O–H groups in total. The van der Waals surface area contributed by atoms with Crippen molar-refractivity contribution in [2.75, 3.05) is 6.54 Å². The summed E-state index contributed by atoms with van der Waals surface area (Å²) in [7, 11) is 0. The summed E-state index contributed by atoms with van der Waals surface area (Å²) < 4.78 is 1.57. The fourth-order valence-electron chi connectivity index (χ4n) is 6.08. The molecule has 1 amide bonds. The Bertz CT molecular complexity index is 1520. The Labute approximate surface area is 221 Å². The minimum Gasteiger partial charge on any atom is -0.391 e. The van der Waals surface area contributed by atoms with Gasteiger partial charge in [0.2, 0.25) is 0 Å². The van der Waals surface area contributed by atoms with Gasteiger partial charge in [-0.1, -0.05) is 43.2 Å². The van der Waals surface area contributed by atoms with Crippen LogP contribution in [0.1, 0.15) is 64.3 Å². The molecule has 6 rings (SSSR count). The van der Waals surface area contributed by atoms with E-state index < -0.39 is 12.0 Å². The van der Waals surface area contributed by atoms with Crippen molar-refractivity contribution in [1.82, 2.24) is 19.6 Å². The number of hydrogen-bond acceptors (Lipinski definition) is 5. The highest BCUT2D eigenvalue weighted by molar-refractivity contribution is 5.94. The fourth-order valence-corrected chi connectivity index (χ4v) is 6.08. The van der Waals surface area contributed by atoms with Gasteiger partial charge < -0.3 is 10.4 Å². The lowest BCUT2D eigenvalue weighted by Gasteiger charge is -2.38. The van der Waals surface area contributed by atoms with Crippen molar-refractivity contribution < 1.29 is 9.90 Å². The van der Waals surface area contributed by atoms with Gasteiger partial charge in [-0.05, 0) is 71.8 Å². The van der Waals surface area contributed by atoms with Crippen LogP contribution in [0.25, 0.3) is 5.52 Å². The molecule has 4 heterocycles. The number of carbonyl (C=O) groups is 1. The number of benzene rings is 1. The van der Waals surface area contributed by atoms with Gasteiger partial charge in [-0.25, -0.2) is 0 Å². The first-order chi connectivity index (χ1) is 18.6. The third-order valence-corrected chi connectivity index (χ3v) is 8.03. The maximum Gasteiger partial charge on any atom is 0.267 e. The summed E-state index contributed by atoms with van der Waals surface area (Å²) in [6.07, 6.45) is 9.01. The van der Waals surface area contributed by atoms with Gasteiger partial charge in [0.25, 0.3) is 11.5 Å². The molecule has 1 saturated carbocycles. The molecule has 7 heteroatoms. The molecule has 1 fully saturated rings. The zero-order valence-corrected chi connectivity index (χ0v) is 21.3. The highest BCUT2D eigenvalue weighted by Crippen LogP contribution is 2.36. The minimum absolute atomic E-state index is 0.0355. The van der Waals surface area contributed by atoms with Gasteiger partial charge in [-0.15, -0.1) is 0 Å². The van der Waals surface area contributed by atoms with Gasteiger partial charge in [-0.3, -0.25) is 23.9 Å². The van der Waals surface area contributed by atoms with Crippen LogP contribution in [0, 0.1) is 0 Å². The fraction of sp³-hybridized carbons (Fsp3) is 0.323. The van der Waals surface area contributed by atoms with Crippen molar-refractivity contribution in [3.63, 3.8) is 0 Å². The number of pyridine rings is 3. The largest absolute Gasteiger partial charge is 0.391 e. The van der Waals surface area contributed by atoms with E-state index in [1.54, 1.807) is 16.7 Å². The van der Waals surface area contributed by atoms with E-state index in [9.17, 15) is 14.7 Å². The zero-order valence-electron chi connectivity index (χ0n) is 21.3. The predicted molar refractivity (Wildman–Crippen MR) is 146 cm³/mol. The number of nitrogens with one attached hydrogen (secondary N) is 1. The van der Waals surface area contributed by atoms with Gasteiger partial charge in [0, 0.05) is 31.7 Å². The maximum absolute atomic E-state index is 13.4. The number of amides is 1. The second-order valence-electron chi connectivity index (χ2n) is 10.4. The molecule has 38 heavy (non-hydrogen) atoms. The molecule has 2 aliphatic rings. The minimum atomic E-state index is -0.579. The smallest absolute Gasteiger partial charge is 0.267 e. The van der Waals surface area contributed by atoms with Crippen molar-refractivity contribution >= 4 is 11.4 Å². The molecule has 3 atom stereocenters. The van der Waals surface area contributed by atoms with E-state index in [0.29, 0.717) is 13.0 Å². The van der Waals surface area contributed by atoms with Crippen LogP contribution in [-0.4, -0.2) is 44.0 Å². The van der Waals surface area contributed by atoms with E-state index in [4.69, 9.17) is 0 Å². The molecule has 3 aromatic heterocycles. The van der Waals surface area contributed by atoms with Crippen molar-refractivity contribution in [2.24, 2.45) is 0 Å². The summed E-state index contributed by atoms with van der Waals surface area (Å²) in [4.78, 5) is 33.4. The van der Waals surface area contributed by atoms with Crippen LogP contribution < -0.4 is 10.9 Å². The predicted octanol–water partition coefficient (Wildman–Crippen LogP) is 3.88. The molecule has 4 aromatic rings. The first kappa shape index (κ1) is 24.5. The van der Waals surface area contributed by atoms with E-state index in [1.165, 1.54) is 11.1 Å². The van der Waals surface area contributed by atoms with E-state index in [0.717, 1.165) is 48.9 Å². The molecular weight excluding hydrogens is 476 g/mol. The Balaban J connectivity index is 1.39. The number of rotatable bonds is 5. The third-order valence-electron chi connectivity index (χ3n) is 8.03. The number of aromatic nitrogens is 2. The first-order valence-corrected chi connectivity index (χ1v) is 13.4. The van der Waals surface area contributed by atoms with E-state index in [2.05, 4.69) is 51.6 Å². The van der Waals surface area contributed by atoms with Crippen LogP contribution in [0.2, 0.25) is 0 Å². The lowest BCUT2D eigenvalue weighted by Crippen LogP contribution is -2.46. The number of aliphatic hydroxyl groups excluding tert-OH is 1. The number of nitrogens with zero attached hydrogens (tertiary/aromatic N) is 3. The van der Waals surface area contributed by atoms with Crippen molar-refractivity contribution in [3.05, 3.63) is 117 Å². The molecule has 0 saturated heterocycles. The summed E-state index contributed by atoms with van der Waals surface area (Å²) in [6, 6.07) is 19.8. The average molecular weight is 509 g/mol. The van der Waals surface area contributed by atoms with Gasteiger partial charge in [-0.2, -0.15) is 0 Å². The first-order valence-electron chi connectivity index (χ1n) is 13.4. The molecule has 1 aromatic carbocycles. The molecule has 194 valence electrons. The Morgan fingerprint density at radius 1 is 1.03 bits per heavy atom. The van der Waals surface area contributed by atoms with Crippen LogP contribution in [0.5, 0.6) is 0 Å². The molecule has 1 aliphatic heterocycles. The maximum atomic E-state index is 13.4. The molecular formula is C31H32N4O3. The van der Waals surface area contributed by atoms with Crippen LogP contribution >= 0.6 is 0 Å². The normalized spacial score (nSPS) is 21.7. The highest BCUT2D eigenvalue weighted by Gasteiger charge is 2.30. The molecule has 1 unspecified atom stereocenters. The van der Waals surface area contributed by atoms with Crippen molar-refractivity contribution in [3.8, 4) is 0 Å². The molecule has 0 bridgehead atoms. The quantitative estimate of drug-likeness (QED) is 0.427. The van der Waals surface area contributed by atoms with Crippen molar-refractivity contribution in [2.45, 2.75) is 56.8 Å². The van der Waals surface area contributed by atoms with E-state index in [1.807, 2.05) is 30.6 Å². The lowest BCUT2D eigenvalue weighted by atomic mass is 9.88. The Hall–Kier alpha value is -3.81. The number of fused-ring (bicyclic) bond motifs is 2. The van der Waals surface area contributed by atoms with Crippen LogP contribution in [0.3, 0.4) is 0 Å². The Morgan fingerprint density at radius 2 is 1.82 bits per heavy atom. The summed E-state index contributed by atoms with van der Waals surface area (Å²) in [5, 5.41) is 13.3. The van der Waals surface area contributed by atoms with Gasteiger partial charge in [0.15, 0.2) is 0 Å². The van der Waals surface area contributed by atoms with Crippen LogP contribution in [0.4, 0.5) is 0 Å².